The number of imidazole rings is 1. The van der Waals surface area contributed by atoms with Gasteiger partial charge < -0.3 is 5.73 Å². The number of rotatable bonds is 3. The zero-order valence-corrected chi connectivity index (χ0v) is 12.7. The number of hydrogen-bond donors (Lipinski definition) is 1. The molecule has 4 heteroatoms. The Morgan fingerprint density at radius 2 is 1.91 bits per heavy atom. The van der Waals surface area contributed by atoms with E-state index in [1.165, 1.54) is 16.7 Å². The van der Waals surface area contributed by atoms with Crippen molar-refractivity contribution in [3.8, 4) is 11.1 Å². The quantitative estimate of drug-likeness (QED) is 0.749. The lowest BCUT2D eigenvalue weighted by Crippen LogP contribution is -1.97. The lowest BCUT2D eigenvalue weighted by atomic mass is 9.99. The van der Waals surface area contributed by atoms with Gasteiger partial charge in [-0.2, -0.15) is 5.10 Å². The molecule has 4 nitrogen and oxygen atoms in total. The molecule has 1 heterocycles. The van der Waals surface area contributed by atoms with E-state index in [2.05, 4.69) is 47.3 Å². The highest BCUT2D eigenvalue weighted by Crippen LogP contribution is 2.23. The fraction of sp³-hybridized carbons (Fsp3) is 0.111. The summed E-state index contributed by atoms with van der Waals surface area (Å²) in [5.74, 6) is 0.392. The molecule has 0 amide bonds. The predicted molar refractivity (Wildman–Crippen MR) is 91.0 cm³/mol. The van der Waals surface area contributed by atoms with Crippen molar-refractivity contribution in [2.75, 3.05) is 5.73 Å². The summed E-state index contributed by atoms with van der Waals surface area (Å²) in [5, 5.41) is 4.36. The molecule has 0 atom stereocenters. The first-order valence-corrected chi connectivity index (χ1v) is 7.15. The minimum atomic E-state index is 0.392. The maximum Gasteiger partial charge on any atom is 0.221 e. The van der Waals surface area contributed by atoms with E-state index in [1.807, 2.05) is 25.1 Å². The van der Waals surface area contributed by atoms with Crippen LogP contribution < -0.4 is 5.73 Å². The van der Waals surface area contributed by atoms with Gasteiger partial charge in [-0.05, 0) is 42.2 Å². The van der Waals surface area contributed by atoms with Gasteiger partial charge in [0.15, 0.2) is 0 Å². The lowest BCUT2D eigenvalue weighted by molar-refractivity contribution is 0.897. The van der Waals surface area contributed by atoms with Crippen molar-refractivity contribution in [3.05, 3.63) is 71.5 Å². The van der Waals surface area contributed by atoms with Gasteiger partial charge in [-0.15, -0.1) is 0 Å². The number of aromatic nitrogens is 2. The average Bonchev–Trinajstić information content (AvgIpc) is 2.84. The second-order valence-electron chi connectivity index (χ2n) is 5.27. The van der Waals surface area contributed by atoms with Crippen LogP contribution in [0.25, 0.3) is 11.1 Å². The Bertz CT molecular complexity index is 831. The molecule has 3 aromatic rings. The van der Waals surface area contributed by atoms with E-state index in [0.29, 0.717) is 5.95 Å². The Labute approximate surface area is 129 Å². The molecule has 0 unspecified atom stereocenters. The number of anilines is 1. The fourth-order valence-corrected chi connectivity index (χ4v) is 2.41. The van der Waals surface area contributed by atoms with Gasteiger partial charge in [0.1, 0.15) is 0 Å². The van der Waals surface area contributed by atoms with Crippen LogP contribution in [0.2, 0.25) is 0 Å². The molecule has 0 saturated carbocycles. The van der Waals surface area contributed by atoms with Crippen LogP contribution in [-0.4, -0.2) is 15.9 Å². The van der Waals surface area contributed by atoms with E-state index in [0.717, 1.165) is 11.3 Å². The van der Waals surface area contributed by atoms with Gasteiger partial charge in [-0.25, -0.2) is 9.66 Å². The molecule has 2 aromatic carbocycles. The second-order valence-corrected chi connectivity index (χ2v) is 5.27. The Balaban J connectivity index is 1.92. The van der Waals surface area contributed by atoms with Crippen LogP contribution in [-0.2, 0) is 0 Å². The van der Waals surface area contributed by atoms with Crippen molar-refractivity contribution in [2.45, 2.75) is 13.8 Å². The summed E-state index contributed by atoms with van der Waals surface area (Å²) in [4.78, 5) is 4.13. The van der Waals surface area contributed by atoms with Crippen molar-refractivity contribution in [2.24, 2.45) is 5.10 Å². The summed E-state index contributed by atoms with van der Waals surface area (Å²) in [6, 6.07) is 16.6. The zero-order valence-electron chi connectivity index (χ0n) is 12.7. The lowest BCUT2D eigenvalue weighted by Gasteiger charge is -2.06. The Hall–Kier alpha value is -2.88. The van der Waals surface area contributed by atoms with Crippen LogP contribution in [0.5, 0.6) is 0 Å². The summed E-state index contributed by atoms with van der Waals surface area (Å²) >= 11 is 0. The standard InChI is InChI=1S/C18H18N4/c1-13-6-3-4-9-17(13)16-8-5-7-15(10-16)11-20-22-12-14(2)21-18(22)19/h3-12H,1-2H3,(H2,19,21). The van der Waals surface area contributed by atoms with Crippen LogP contribution >= 0.6 is 0 Å². The summed E-state index contributed by atoms with van der Waals surface area (Å²) in [7, 11) is 0. The molecule has 0 aliphatic rings. The average molecular weight is 290 g/mol. The van der Waals surface area contributed by atoms with Gasteiger partial charge in [0.05, 0.1) is 18.1 Å². The van der Waals surface area contributed by atoms with E-state index >= 15 is 0 Å². The number of aryl methyl sites for hydroxylation is 2. The van der Waals surface area contributed by atoms with E-state index in [1.54, 1.807) is 17.1 Å². The van der Waals surface area contributed by atoms with Gasteiger partial charge in [0, 0.05) is 0 Å². The van der Waals surface area contributed by atoms with E-state index < -0.39 is 0 Å². The summed E-state index contributed by atoms with van der Waals surface area (Å²) in [6.07, 6.45) is 3.59. The smallest absolute Gasteiger partial charge is 0.221 e. The molecule has 3 rings (SSSR count). The Morgan fingerprint density at radius 1 is 1.09 bits per heavy atom. The molecule has 0 saturated heterocycles. The number of nitrogens with zero attached hydrogens (tertiary/aromatic N) is 3. The van der Waals surface area contributed by atoms with Crippen molar-refractivity contribution in [3.63, 3.8) is 0 Å². The van der Waals surface area contributed by atoms with Crippen LogP contribution in [0.15, 0.2) is 59.8 Å². The first-order chi connectivity index (χ1) is 10.6. The first kappa shape index (κ1) is 14.1. The minimum absolute atomic E-state index is 0.392. The van der Waals surface area contributed by atoms with Crippen LogP contribution in [0.4, 0.5) is 5.95 Å². The molecule has 0 aliphatic carbocycles. The SMILES string of the molecule is Cc1cn(N=Cc2cccc(-c3ccccc3C)c2)c(N)n1. The molecule has 0 spiro atoms. The predicted octanol–water partition coefficient (Wildman–Crippen LogP) is 3.63. The van der Waals surface area contributed by atoms with Crippen molar-refractivity contribution in [1.29, 1.82) is 0 Å². The van der Waals surface area contributed by atoms with Gasteiger partial charge in [-0.3, -0.25) is 0 Å². The maximum atomic E-state index is 5.78. The largest absolute Gasteiger partial charge is 0.368 e. The van der Waals surface area contributed by atoms with Crippen LogP contribution in [0, 0.1) is 13.8 Å². The summed E-state index contributed by atoms with van der Waals surface area (Å²) in [5.41, 5.74) is 11.3. The molecule has 0 bridgehead atoms. The highest BCUT2D eigenvalue weighted by molar-refractivity contribution is 5.83. The zero-order chi connectivity index (χ0) is 15.5. The number of nitrogen functional groups attached to an aromatic ring is 1. The molecular formula is C18H18N4. The van der Waals surface area contributed by atoms with E-state index in [9.17, 15) is 0 Å². The second kappa shape index (κ2) is 5.85. The molecule has 1 aromatic heterocycles. The topological polar surface area (TPSA) is 56.2 Å². The molecule has 0 radical (unpaired) electrons. The number of nitrogens with two attached hydrogens (primary N) is 1. The van der Waals surface area contributed by atoms with Crippen LogP contribution in [0.1, 0.15) is 16.8 Å². The third-order valence-corrected chi connectivity index (χ3v) is 3.51. The van der Waals surface area contributed by atoms with Crippen molar-refractivity contribution in [1.82, 2.24) is 9.66 Å². The minimum Gasteiger partial charge on any atom is -0.368 e. The van der Waals surface area contributed by atoms with Crippen molar-refractivity contribution >= 4 is 12.2 Å². The Kier molecular flexibility index (Phi) is 3.74. The summed E-state index contributed by atoms with van der Waals surface area (Å²) in [6.45, 7) is 4.01. The summed E-state index contributed by atoms with van der Waals surface area (Å²) < 4.78 is 1.58. The van der Waals surface area contributed by atoms with Gasteiger partial charge in [0.25, 0.3) is 0 Å². The van der Waals surface area contributed by atoms with Crippen LogP contribution in [0.3, 0.4) is 0 Å². The Morgan fingerprint density at radius 3 is 2.64 bits per heavy atom. The third kappa shape index (κ3) is 2.91. The van der Waals surface area contributed by atoms with Gasteiger partial charge in [0.2, 0.25) is 5.95 Å². The number of hydrogen-bond acceptors (Lipinski definition) is 3. The molecule has 0 fully saturated rings. The molecule has 2 N–H and O–H groups in total. The highest BCUT2D eigenvalue weighted by atomic mass is 15.4. The number of benzene rings is 2. The monoisotopic (exact) mass is 290 g/mol. The maximum absolute atomic E-state index is 5.78. The van der Waals surface area contributed by atoms with E-state index in [4.69, 9.17) is 5.73 Å². The molecule has 22 heavy (non-hydrogen) atoms. The van der Waals surface area contributed by atoms with E-state index in [-0.39, 0.29) is 0 Å². The normalized spacial score (nSPS) is 11.2. The van der Waals surface area contributed by atoms with Crippen molar-refractivity contribution < 1.29 is 0 Å². The molecule has 0 aliphatic heterocycles. The highest BCUT2D eigenvalue weighted by Gasteiger charge is 2.02. The fourth-order valence-electron chi connectivity index (χ4n) is 2.41. The first-order valence-electron chi connectivity index (χ1n) is 7.15. The van der Waals surface area contributed by atoms with Gasteiger partial charge in [-0.1, -0.05) is 42.5 Å². The molecular weight excluding hydrogens is 272 g/mol. The molecule has 110 valence electrons. The van der Waals surface area contributed by atoms with Gasteiger partial charge >= 0.3 is 0 Å². The third-order valence-electron chi connectivity index (χ3n) is 3.51.